The van der Waals surface area contributed by atoms with E-state index in [0.717, 1.165) is 0 Å². The first-order chi connectivity index (χ1) is 5.07. The van der Waals surface area contributed by atoms with Gasteiger partial charge in [-0.2, -0.15) is 12.6 Å². The van der Waals surface area contributed by atoms with E-state index < -0.39 is 6.10 Å². The zero-order valence-electron chi connectivity index (χ0n) is 6.50. The molecule has 1 amide bonds. The van der Waals surface area contributed by atoms with Crippen LogP contribution < -0.4 is 5.32 Å². The molecule has 0 rings (SSSR count). The molecule has 0 heterocycles. The molecule has 0 aromatic rings. The van der Waals surface area contributed by atoms with Crippen LogP contribution in [0.1, 0.15) is 6.92 Å². The topological polar surface area (TPSA) is 49.3 Å². The van der Waals surface area contributed by atoms with Crippen molar-refractivity contribution in [2.45, 2.75) is 13.0 Å². The molecule has 0 saturated heterocycles. The van der Waals surface area contributed by atoms with Gasteiger partial charge >= 0.3 is 0 Å². The molecule has 3 nitrogen and oxygen atoms in total. The third-order valence-corrected chi connectivity index (χ3v) is 1.52. The summed E-state index contributed by atoms with van der Waals surface area (Å²) in [5.74, 6) is 0.113. The molecule has 0 aromatic heterocycles. The molecule has 11 heavy (non-hydrogen) atoms. The van der Waals surface area contributed by atoms with Gasteiger partial charge < -0.3 is 10.4 Å². The van der Waals surface area contributed by atoms with Gasteiger partial charge in [-0.1, -0.05) is 6.58 Å². The first-order valence-corrected chi connectivity index (χ1v) is 3.93. The number of aliphatic hydroxyl groups is 1. The van der Waals surface area contributed by atoms with Crippen LogP contribution in [-0.4, -0.2) is 29.4 Å². The lowest BCUT2D eigenvalue weighted by molar-refractivity contribution is -0.117. The molecule has 0 aromatic carbocycles. The second-order valence-corrected chi connectivity index (χ2v) is 2.69. The maximum absolute atomic E-state index is 10.8. The Balaban J connectivity index is 3.54. The third-order valence-electron chi connectivity index (χ3n) is 1.10. The molecule has 0 aliphatic heterocycles. The molecular formula is C7H13NO2S. The van der Waals surface area contributed by atoms with Gasteiger partial charge in [0, 0.05) is 17.9 Å². The van der Waals surface area contributed by atoms with Crippen LogP contribution in [0, 0.1) is 0 Å². The van der Waals surface area contributed by atoms with Gasteiger partial charge in [0.2, 0.25) is 5.91 Å². The maximum atomic E-state index is 10.8. The van der Waals surface area contributed by atoms with Crippen molar-refractivity contribution in [1.29, 1.82) is 0 Å². The Hall–Kier alpha value is -0.480. The van der Waals surface area contributed by atoms with E-state index in [1.165, 1.54) is 0 Å². The number of carbonyl (C=O) groups excluding carboxylic acids is 1. The monoisotopic (exact) mass is 175 g/mol. The third kappa shape index (κ3) is 4.86. The second-order valence-electron chi connectivity index (χ2n) is 2.33. The quantitative estimate of drug-likeness (QED) is 0.415. The van der Waals surface area contributed by atoms with Gasteiger partial charge in [-0.05, 0) is 6.92 Å². The molecule has 0 aliphatic rings. The number of amides is 1. The summed E-state index contributed by atoms with van der Waals surface area (Å²) in [6, 6.07) is 0. The van der Waals surface area contributed by atoms with E-state index in [4.69, 9.17) is 5.11 Å². The number of aliphatic hydroxyl groups excluding tert-OH is 1. The van der Waals surface area contributed by atoms with Gasteiger partial charge in [-0.15, -0.1) is 0 Å². The van der Waals surface area contributed by atoms with Crippen LogP contribution in [0.2, 0.25) is 0 Å². The molecule has 1 atom stereocenters. The Labute approximate surface area is 71.9 Å². The fourth-order valence-corrected chi connectivity index (χ4v) is 0.555. The fraction of sp³-hybridized carbons (Fsp3) is 0.571. The summed E-state index contributed by atoms with van der Waals surface area (Å²) in [7, 11) is 0. The normalized spacial score (nSPS) is 12.3. The zero-order valence-corrected chi connectivity index (χ0v) is 7.40. The Morgan fingerprint density at radius 3 is 2.73 bits per heavy atom. The largest absolute Gasteiger partial charge is 0.390 e. The van der Waals surface area contributed by atoms with Gasteiger partial charge in [-0.3, -0.25) is 4.79 Å². The Morgan fingerprint density at radius 2 is 2.36 bits per heavy atom. The summed E-state index contributed by atoms with van der Waals surface area (Å²) in [4.78, 5) is 10.8. The van der Waals surface area contributed by atoms with Gasteiger partial charge in [-0.25, -0.2) is 0 Å². The van der Waals surface area contributed by atoms with Crippen LogP contribution in [0.25, 0.3) is 0 Å². The van der Waals surface area contributed by atoms with Crippen molar-refractivity contribution in [1.82, 2.24) is 5.32 Å². The average molecular weight is 175 g/mol. The fourth-order valence-electron chi connectivity index (χ4n) is 0.426. The van der Waals surface area contributed by atoms with E-state index in [2.05, 4.69) is 24.5 Å². The molecule has 0 radical (unpaired) electrons. The minimum absolute atomic E-state index is 0.231. The van der Waals surface area contributed by atoms with Crippen LogP contribution in [-0.2, 0) is 4.79 Å². The van der Waals surface area contributed by atoms with Crippen molar-refractivity contribution in [2.75, 3.05) is 12.3 Å². The molecule has 1 unspecified atom stereocenters. The van der Waals surface area contributed by atoms with Gasteiger partial charge in [0.25, 0.3) is 0 Å². The summed E-state index contributed by atoms with van der Waals surface area (Å²) >= 11 is 3.85. The van der Waals surface area contributed by atoms with Crippen molar-refractivity contribution in [3.8, 4) is 0 Å². The number of carbonyl (C=O) groups is 1. The van der Waals surface area contributed by atoms with Gasteiger partial charge in [0.15, 0.2) is 0 Å². The van der Waals surface area contributed by atoms with Crippen molar-refractivity contribution in [3.63, 3.8) is 0 Å². The van der Waals surface area contributed by atoms with Crippen LogP contribution >= 0.6 is 12.6 Å². The number of hydrogen-bond acceptors (Lipinski definition) is 3. The lowest BCUT2D eigenvalue weighted by Crippen LogP contribution is -2.33. The average Bonchev–Trinajstić information content (AvgIpc) is 1.99. The highest BCUT2D eigenvalue weighted by atomic mass is 32.1. The SMILES string of the molecule is C=C(C)C(=O)NCC(O)CS. The molecule has 0 aliphatic carbocycles. The molecular weight excluding hydrogens is 162 g/mol. The van der Waals surface area contributed by atoms with Crippen molar-refractivity contribution < 1.29 is 9.90 Å². The number of rotatable bonds is 4. The van der Waals surface area contributed by atoms with E-state index in [1.54, 1.807) is 6.92 Å². The Kier molecular flexibility index (Phi) is 4.98. The standard InChI is InChI=1S/C7H13NO2S/c1-5(2)7(10)8-3-6(9)4-11/h6,9,11H,1,3-4H2,2H3,(H,8,10). The van der Waals surface area contributed by atoms with Crippen LogP contribution in [0.5, 0.6) is 0 Å². The molecule has 0 spiro atoms. The maximum Gasteiger partial charge on any atom is 0.246 e. The van der Waals surface area contributed by atoms with E-state index >= 15 is 0 Å². The Morgan fingerprint density at radius 1 is 1.82 bits per heavy atom. The lowest BCUT2D eigenvalue weighted by atomic mass is 10.3. The van der Waals surface area contributed by atoms with Crippen LogP contribution in [0.4, 0.5) is 0 Å². The number of nitrogens with one attached hydrogen (secondary N) is 1. The summed E-state index contributed by atoms with van der Waals surface area (Å²) in [6.07, 6.45) is -0.582. The minimum atomic E-state index is -0.582. The van der Waals surface area contributed by atoms with Crippen LogP contribution in [0.15, 0.2) is 12.2 Å². The van der Waals surface area contributed by atoms with Crippen molar-refractivity contribution in [2.24, 2.45) is 0 Å². The van der Waals surface area contributed by atoms with Gasteiger partial charge in [0.1, 0.15) is 0 Å². The summed E-state index contributed by atoms with van der Waals surface area (Å²) in [5, 5.41) is 11.5. The Bertz CT molecular complexity index is 159. The molecule has 64 valence electrons. The predicted molar refractivity (Wildman–Crippen MR) is 47.7 cm³/mol. The second kappa shape index (κ2) is 5.21. The van der Waals surface area contributed by atoms with E-state index in [-0.39, 0.29) is 12.5 Å². The van der Waals surface area contributed by atoms with Crippen molar-refractivity contribution >= 4 is 18.5 Å². The minimum Gasteiger partial charge on any atom is -0.390 e. The summed E-state index contributed by atoms with van der Waals surface area (Å²) in [5.41, 5.74) is 0.441. The highest BCUT2D eigenvalue weighted by Crippen LogP contribution is 1.88. The summed E-state index contributed by atoms with van der Waals surface area (Å²) < 4.78 is 0. The van der Waals surface area contributed by atoms with E-state index in [0.29, 0.717) is 11.3 Å². The molecule has 2 N–H and O–H groups in total. The number of hydrogen-bond donors (Lipinski definition) is 3. The molecule has 0 saturated carbocycles. The van der Waals surface area contributed by atoms with E-state index in [9.17, 15) is 4.79 Å². The molecule has 0 fully saturated rings. The first-order valence-electron chi connectivity index (χ1n) is 3.30. The van der Waals surface area contributed by atoms with Crippen molar-refractivity contribution in [3.05, 3.63) is 12.2 Å². The summed E-state index contributed by atoms with van der Waals surface area (Å²) in [6.45, 7) is 5.29. The highest BCUT2D eigenvalue weighted by molar-refractivity contribution is 7.80. The van der Waals surface area contributed by atoms with Gasteiger partial charge in [0.05, 0.1) is 6.10 Å². The number of thiol groups is 1. The first kappa shape index (κ1) is 10.5. The smallest absolute Gasteiger partial charge is 0.246 e. The predicted octanol–water partition coefficient (Wildman–Crippen LogP) is -0.0306. The molecule has 0 bridgehead atoms. The molecule has 4 heteroatoms. The van der Waals surface area contributed by atoms with E-state index in [1.807, 2.05) is 0 Å². The van der Waals surface area contributed by atoms with Crippen LogP contribution in [0.3, 0.4) is 0 Å². The lowest BCUT2D eigenvalue weighted by Gasteiger charge is -2.08. The highest BCUT2D eigenvalue weighted by Gasteiger charge is 2.04. The zero-order chi connectivity index (χ0) is 8.85.